The smallest absolute Gasteiger partial charge is 0.242 e. The molecule has 138 valence electrons. The first-order valence-corrected chi connectivity index (χ1v) is 8.85. The number of amides is 1. The Balaban J connectivity index is 1.68. The summed E-state index contributed by atoms with van der Waals surface area (Å²) >= 11 is 0. The number of nitrogens with zero attached hydrogens (tertiary/aromatic N) is 1. The molecule has 1 aromatic carbocycles. The molecule has 25 heavy (non-hydrogen) atoms. The van der Waals surface area contributed by atoms with Crippen LogP contribution in [0.2, 0.25) is 0 Å². The molecule has 1 saturated carbocycles. The molecule has 3 N–H and O–H groups in total. The van der Waals surface area contributed by atoms with E-state index in [4.69, 9.17) is 15.2 Å². The lowest BCUT2D eigenvalue weighted by Gasteiger charge is -2.35. The molecule has 1 saturated heterocycles. The lowest BCUT2D eigenvalue weighted by Crippen LogP contribution is -2.50. The zero-order chi connectivity index (χ0) is 18.2. The van der Waals surface area contributed by atoms with Crippen molar-refractivity contribution < 1.29 is 19.4 Å². The third-order valence-corrected chi connectivity index (χ3v) is 5.27. The van der Waals surface area contributed by atoms with Crippen LogP contribution in [-0.2, 0) is 4.79 Å². The van der Waals surface area contributed by atoms with Gasteiger partial charge in [-0.2, -0.15) is 0 Å². The van der Waals surface area contributed by atoms with Crippen molar-refractivity contribution in [3.63, 3.8) is 0 Å². The van der Waals surface area contributed by atoms with Gasteiger partial charge in [0.1, 0.15) is 6.10 Å². The number of fused-ring (bicyclic) bond motifs is 1. The van der Waals surface area contributed by atoms with Crippen molar-refractivity contribution in [2.45, 2.75) is 44.4 Å². The van der Waals surface area contributed by atoms with Gasteiger partial charge in [0.15, 0.2) is 11.5 Å². The van der Waals surface area contributed by atoms with Gasteiger partial charge in [-0.05, 0) is 50.7 Å². The Bertz CT molecular complexity index is 628. The number of aliphatic hydroxyl groups is 1. The lowest BCUT2D eigenvalue weighted by molar-refractivity contribution is -0.134. The maximum absolute atomic E-state index is 12.4. The highest BCUT2D eigenvalue weighted by molar-refractivity contribution is 5.85. The summed E-state index contributed by atoms with van der Waals surface area (Å²) in [6.07, 6.45) is 0.517. The third-order valence-electron chi connectivity index (χ3n) is 5.27. The van der Waals surface area contributed by atoms with Crippen LogP contribution < -0.4 is 15.2 Å². The van der Waals surface area contributed by atoms with E-state index in [9.17, 15) is 9.90 Å². The van der Waals surface area contributed by atoms with Crippen LogP contribution in [0.25, 0.3) is 0 Å². The minimum absolute atomic E-state index is 0.0291. The molecule has 2 aliphatic rings. The molecule has 6 nitrogen and oxygen atoms in total. The molecular formula is C19H28N2O4. The van der Waals surface area contributed by atoms with Crippen molar-refractivity contribution in [3.8, 4) is 11.5 Å². The number of benzene rings is 1. The van der Waals surface area contributed by atoms with Crippen LogP contribution >= 0.6 is 0 Å². The summed E-state index contributed by atoms with van der Waals surface area (Å²) in [5.41, 5.74) is 5.10. The predicted octanol–water partition coefficient (Wildman–Crippen LogP) is 1.41. The van der Waals surface area contributed by atoms with E-state index in [-0.39, 0.29) is 12.0 Å². The van der Waals surface area contributed by atoms with E-state index < -0.39 is 11.6 Å². The molecule has 1 aromatic rings. The number of hydrogen-bond donors (Lipinski definition) is 2. The zero-order valence-electron chi connectivity index (χ0n) is 15.1. The van der Waals surface area contributed by atoms with Gasteiger partial charge in [0.05, 0.1) is 18.8 Å². The number of rotatable bonds is 4. The quantitative estimate of drug-likeness (QED) is 0.859. The Morgan fingerprint density at radius 1 is 1.20 bits per heavy atom. The van der Waals surface area contributed by atoms with Gasteiger partial charge in [0.25, 0.3) is 0 Å². The molecule has 1 aliphatic heterocycles. The van der Waals surface area contributed by atoms with E-state index in [0.717, 1.165) is 6.42 Å². The fraction of sp³-hybridized carbons (Fsp3) is 0.632. The molecule has 3 rings (SSSR count). The monoisotopic (exact) mass is 348 g/mol. The molecule has 2 fully saturated rings. The van der Waals surface area contributed by atoms with Crippen molar-refractivity contribution in [2.75, 3.05) is 20.2 Å². The van der Waals surface area contributed by atoms with Crippen molar-refractivity contribution in [3.05, 3.63) is 24.3 Å². The number of carbonyl (C=O) groups is 1. The number of hydrogen-bond acceptors (Lipinski definition) is 5. The van der Waals surface area contributed by atoms with Gasteiger partial charge in [0, 0.05) is 13.1 Å². The van der Waals surface area contributed by atoms with Gasteiger partial charge in [-0.1, -0.05) is 12.1 Å². The summed E-state index contributed by atoms with van der Waals surface area (Å²) in [6, 6.07) is 7.45. The lowest BCUT2D eigenvalue weighted by atomic mass is 9.78. The number of carbonyl (C=O) groups excluding carboxylic acids is 1. The molecule has 1 aliphatic carbocycles. The first kappa shape index (κ1) is 18.0. The van der Waals surface area contributed by atoms with E-state index in [0.29, 0.717) is 42.8 Å². The van der Waals surface area contributed by atoms with Gasteiger partial charge in [0.2, 0.25) is 5.91 Å². The maximum Gasteiger partial charge on any atom is 0.242 e. The summed E-state index contributed by atoms with van der Waals surface area (Å²) in [5.74, 6) is 1.90. The number of aliphatic hydroxyl groups excluding tert-OH is 1. The second kappa shape index (κ2) is 6.84. The SMILES string of the molecule is COc1ccccc1O[C@@H]1C[C@@H]2CN(C(=O)C(C)(C)N)C[C@@H]2C[C@H]1O. The average Bonchev–Trinajstić information content (AvgIpc) is 2.96. The summed E-state index contributed by atoms with van der Waals surface area (Å²) in [4.78, 5) is 14.3. The highest BCUT2D eigenvalue weighted by atomic mass is 16.5. The number of ether oxygens (including phenoxy) is 2. The van der Waals surface area contributed by atoms with Crippen LogP contribution in [0.4, 0.5) is 0 Å². The second-order valence-corrected chi connectivity index (χ2v) is 7.80. The number of methoxy groups -OCH3 is 1. The predicted molar refractivity (Wildman–Crippen MR) is 94.5 cm³/mol. The van der Waals surface area contributed by atoms with Gasteiger partial charge < -0.3 is 25.2 Å². The zero-order valence-corrected chi connectivity index (χ0v) is 15.1. The van der Waals surface area contributed by atoms with E-state index in [1.807, 2.05) is 29.2 Å². The van der Waals surface area contributed by atoms with Gasteiger partial charge in [-0.3, -0.25) is 4.79 Å². The minimum atomic E-state index is -0.862. The summed E-state index contributed by atoms with van der Waals surface area (Å²) < 4.78 is 11.4. The number of para-hydroxylation sites is 2. The minimum Gasteiger partial charge on any atom is -0.493 e. The van der Waals surface area contributed by atoms with Gasteiger partial charge in [-0.25, -0.2) is 0 Å². The molecule has 1 amide bonds. The molecule has 4 atom stereocenters. The van der Waals surface area contributed by atoms with Crippen LogP contribution in [0.15, 0.2) is 24.3 Å². The fourth-order valence-electron chi connectivity index (χ4n) is 3.97. The molecular weight excluding hydrogens is 320 g/mol. The highest BCUT2D eigenvalue weighted by Crippen LogP contribution is 2.39. The van der Waals surface area contributed by atoms with E-state index in [1.165, 1.54) is 0 Å². The van der Waals surface area contributed by atoms with Gasteiger partial charge in [-0.15, -0.1) is 0 Å². The Morgan fingerprint density at radius 3 is 2.40 bits per heavy atom. The maximum atomic E-state index is 12.4. The standard InChI is InChI=1S/C19H28N2O4/c1-19(2,20)18(23)21-10-12-8-14(22)17(9-13(12)11-21)25-16-7-5-4-6-15(16)24-3/h4-7,12-14,17,22H,8-11,20H2,1-3H3/t12-,13+,14+,17+/m0/s1. The van der Waals surface area contributed by atoms with Crippen molar-refractivity contribution >= 4 is 5.91 Å². The van der Waals surface area contributed by atoms with Crippen molar-refractivity contribution in [1.29, 1.82) is 0 Å². The number of nitrogens with two attached hydrogens (primary N) is 1. The van der Waals surface area contributed by atoms with Crippen LogP contribution in [0.3, 0.4) is 0 Å². The largest absolute Gasteiger partial charge is 0.493 e. The molecule has 0 spiro atoms. The topological polar surface area (TPSA) is 85.0 Å². The summed E-state index contributed by atoms with van der Waals surface area (Å²) in [7, 11) is 1.60. The second-order valence-electron chi connectivity index (χ2n) is 7.80. The first-order chi connectivity index (χ1) is 11.8. The van der Waals surface area contributed by atoms with Crippen molar-refractivity contribution in [1.82, 2.24) is 4.90 Å². The van der Waals surface area contributed by atoms with Crippen LogP contribution in [0.1, 0.15) is 26.7 Å². The van der Waals surface area contributed by atoms with Gasteiger partial charge >= 0.3 is 0 Å². The number of likely N-dealkylation sites (tertiary alicyclic amines) is 1. The molecule has 1 heterocycles. The Hall–Kier alpha value is -1.79. The summed E-state index contributed by atoms with van der Waals surface area (Å²) in [5, 5.41) is 10.5. The van der Waals surface area contributed by atoms with E-state index in [1.54, 1.807) is 21.0 Å². The third kappa shape index (κ3) is 3.75. The first-order valence-electron chi connectivity index (χ1n) is 8.85. The average molecular weight is 348 g/mol. The van der Waals surface area contributed by atoms with Crippen LogP contribution in [0, 0.1) is 11.8 Å². The Labute approximate surface area is 148 Å². The molecule has 6 heteroatoms. The van der Waals surface area contributed by atoms with Crippen LogP contribution in [0.5, 0.6) is 11.5 Å². The van der Waals surface area contributed by atoms with E-state index >= 15 is 0 Å². The van der Waals surface area contributed by atoms with E-state index in [2.05, 4.69) is 0 Å². The molecule has 0 unspecified atom stereocenters. The molecule has 0 bridgehead atoms. The highest BCUT2D eigenvalue weighted by Gasteiger charge is 2.45. The van der Waals surface area contributed by atoms with Crippen molar-refractivity contribution in [2.24, 2.45) is 17.6 Å². The Kier molecular flexibility index (Phi) is 4.93. The Morgan fingerprint density at radius 2 is 1.80 bits per heavy atom. The van der Waals surface area contributed by atoms with Crippen LogP contribution in [-0.4, -0.2) is 53.9 Å². The molecule has 0 radical (unpaired) electrons. The normalized spacial score (nSPS) is 29.2. The summed E-state index contributed by atoms with van der Waals surface area (Å²) in [6.45, 7) is 4.82. The fourth-order valence-corrected chi connectivity index (χ4v) is 3.97. The molecule has 0 aromatic heterocycles.